The van der Waals surface area contributed by atoms with E-state index in [0.717, 1.165) is 22.4 Å². The second-order valence-corrected chi connectivity index (χ2v) is 10.3. The third-order valence-corrected chi connectivity index (χ3v) is 8.91. The summed E-state index contributed by atoms with van der Waals surface area (Å²) in [5.74, 6) is 3.29. The summed E-state index contributed by atoms with van der Waals surface area (Å²) >= 11 is 3.79. The minimum absolute atomic E-state index is 0.0204. The van der Waals surface area contributed by atoms with Crippen molar-refractivity contribution in [3.8, 4) is 11.5 Å². The van der Waals surface area contributed by atoms with Gasteiger partial charge in [-0.25, -0.2) is 0 Å². The maximum absolute atomic E-state index is 7.03. The molecule has 1 heterocycles. The fourth-order valence-electron chi connectivity index (χ4n) is 6.37. The van der Waals surface area contributed by atoms with E-state index in [-0.39, 0.29) is 11.0 Å². The Balaban J connectivity index is 1.89. The minimum Gasteiger partial charge on any atom is -0.496 e. The van der Waals surface area contributed by atoms with Gasteiger partial charge in [0.2, 0.25) is 0 Å². The van der Waals surface area contributed by atoms with E-state index in [0.29, 0.717) is 17.3 Å². The molecule has 2 saturated carbocycles. The second kappa shape index (κ2) is 5.65. The lowest BCUT2D eigenvalue weighted by molar-refractivity contribution is -0.210. The van der Waals surface area contributed by atoms with Crippen LogP contribution in [0.2, 0.25) is 0 Å². The standard InChI is InChI=1S/C22H31BrO2/c1-14-7-10-18-20(2,3)11-6-12-22(18)21(14,4)13-15-16(25-22)8-9-17(24-5)19(15)23/h8-9,14,18H,6-7,10-13H2,1-5H3/t14-,18+,21+,22-/m0/s1. The van der Waals surface area contributed by atoms with Crippen molar-refractivity contribution in [3.63, 3.8) is 0 Å². The molecule has 0 bridgehead atoms. The number of benzene rings is 1. The van der Waals surface area contributed by atoms with Crippen molar-refractivity contribution in [3.05, 3.63) is 22.2 Å². The largest absolute Gasteiger partial charge is 0.496 e. The van der Waals surface area contributed by atoms with E-state index in [4.69, 9.17) is 9.47 Å². The molecule has 1 spiro atoms. The molecule has 0 N–H and O–H groups in total. The van der Waals surface area contributed by atoms with E-state index in [1.54, 1.807) is 7.11 Å². The molecule has 4 atom stereocenters. The molecule has 3 aliphatic rings. The summed E-state index contributed by atoms with van der Waals surface area (Å²) in [5.41, 5.74) is 1.81. The Morgan fingerprint density at radius 3 is 2.64 bits per heavy atom. The van der Waals surface area contributed by atoms with E-state index >= 15 is 0 Å². The third-order valence-electron chi connectivity index (χ3n) is 8.04. The summed E-state index contributed by atoms with van der Waals surface area (Å²) in [5, 5.41) is 0. The van der Waals surface area contributed by atoms with Gasteiger partial charge in [0.25, 0.3) is 0 Å². The lowest BCUT2D eigenvalue weighted by Gasteiger charge is -2.66. The first kappa shape index (κ1) is 17.7. The van der Waals surface area contributed by atoms with Gasteiger partial charge in [0, 0.05) is 16.9 Å². The average molecular weight is 407 g/mol. The normalized spacial score (nSPS) is 38.8. The zero-order chi connectivity index (χ0) is 18.0. The van der Waals surface area contributed by atoms with Crippen LogP contribution >= 0.6 is 15.9 Å². The van der Waals surface area contributed by atoms with Crippen molar-refractivity contribution in [2.24, 2.45) is 22.7 Å². The molecule has 3 heteroatoms. The molecule has 1 aromatic carbocycles. The van der Waals surface area contributed by atoms with Gasteiger partial charge in [-0.1, -0.05) is 27.7 Å². The molecular weight excluding hydrogens is 376 g/mol. The maximum atomic E-state index is 7.03. The molecule has 0 unspecified atom stereocenters. The first-order valence-corrected chi connectivity index (χ1v) is 10.6. The lowest BCUT2D eigenvalue weighted by Crippen LogP contribution is -2.68. The summed E-state index contributed by atoms with van der Waals surface area (Å²) < 4.78 is 13.7. The first-order valence-electron chi connectivity index (χ1n) is 9.79. The van der Waals surface area contributed by atoms with Crippen molar-refractivity contribution < 1.29 is 9.47 Å². The highest BCUT2D eigenvalue weighted by Gasteiger charge is 2.65. The SMILES string of the molecule is COc1ccc2c(c1Br)C[C@]1(C)[C@@H](C)CC[C@@H]3C(C)(C)CCC[C@]31O2. The van der Waals surface area contributed by atoms with Gasteiger partial charge in [0.05, 0.1) is 11.6 Å². The third kappa shape index (κ3) is 2.27. The fraction of sp³-hybridized carbons (Fsp3) is 0.727. The van der Waals surface area contributed by atoms with Crippen LogP contribution in [0.3, 0.4) is 0 Å². The molecule has 138 valence electrons. The van der Waals surface area contributed by atoms with E-state index in [1.165, 1.54) is 37.7 Å². The van der Waals surface area contributed by atoms with Gasteiger partial charge in [0.1, 0.15) is 17.1 Å². The van der Waals surface area contributed by atoms with E-state index in [2.05, 4.69) is 49.7 Å². The van der Waals surface area contributed by atoms with Crippen LogP contribution in [-0.4, -0.2) is 12.7 Å². The highest BCUT2D eigenvalue weighted by atomic mass is 79.9. The molecule has 0 amide bonds. The molecular formula is C22H31BrO2. The Bertz CT molecular complexity index is 698. The number of hydrogen-bond acceptors (Lipinski definition) is 2. The molecule has 25 heavy (non-hydrogen) atoms. The smallest absolute Gasteiger partial charge is 0.133 e. The van der Waals surface area contributed by atoms with Gasteiger partial charge in [-0.05, 0) is 77.9 Å². The molecule has 1 aliphatic heterocycles. The number of hydrogen-bond donors (Lipinski definition) is 0. The lowest BCUT2D eigenvalue weighted by atomic mass is 9.44. The Morgan fingerprint density at radius 1 is 1.16 bits per heavy atom. The Morgan fingerprint density at radius 2 is 1.92 bits per heavy atom. The zero-order valence-corrected chi connectivity index (χ0v) is 17.8. The average Bonchev–Trinajstić information content (AvgIpc) is 2.55. The summed E-state index contributed by atoms with van der Waals surface area (Å²) in [7, 11) is 1.74. The van der Waals surface area contributed by atoms with Crippen molar-refractivity contribution in [1.82, 2.24) is 0 Å². The van der Waals surface area contributed by atoms with E-state index in [1.807, 2.05) is 6.07 Å². The Hall–Kier alpha value is -0.700. The van der Waals surface area contributed by atoms with Crippen molar-refractivity contribution in [1.29, 1.82) is 0 Å². The summed E-state index contributed by atoms with van der Waals surface area (Å²) in [4.78, 5) is 0. The zero-order valence-electron chi connectivity index (χ0n) is 16.2. The van der Waals surface area contributed by atoms with Crippen LogP contribution < -0.4 is 9.47 Å². The monoisotopic (exact) mass is 406 g/mol. The van der Waals surface area contributed by atoms with Gasteiger partial charge in [-0.2, -0.15) is 0 Å². The van der Waals surface area contributed by atoms with Crippen molar-refractivity contribution in [2.75, 3.05) is 7.11 Å². The van der Waals surface area contributed by atoms with Gasteiger partial charge in [-0.15, -0.1) is 0 Å². The highest BCUT2D eigenvalue weighted by Crippen LogP contribution is 2.66. The predicted molar refractivity (Wildman–Crippen MR) is 105 cm³/mol. The Labute approximate surface area is 160 Å². The molecule has 0 saturated heterocycles. The van der Waals surface area contributed by atoms with Crippen LogP contribution in [0, 0.1) is 22.7 Å². The van der Waals surface area contributed by atoms with Gasteiger partial charge < -0.3 is 9.47 Å². The van der Waals surface area contributed by atoms with Crippen LogP contribution in [0.1, 0.15) is 65.4 Å². The first-order chi connectivity index (χ1) is 11.7. The Kier molecular flexibility index (Phi) is 4.00. The molecule has 2 fully saturated rings. The highest BCUT2D eigenvalue weighted by molar-refractivity contribution is 9.10. The van der Waals surface area contributed by atoms with Crippen LogP contribution in [-0.2, 0) is 6.42 Å². The summed E-state index contributed by atoms with van der Waals surface area (Å²) in [6.45, 7) is 9.89. The number of ether oxygens (including phenoxy) is 2. The van der Waals surface area contributed by atoms with Gasteiger partial charge in [-0.3, -0.25) is 0 Å². The van der Waals surface area contributed by atoms with Crippen LogP contribution in [0.25, 0.3) is 0 Å². The van der Waals surface area contributed by atoms with E-state index in [9.17, 15) is 0 Å². The molecule has 1 aromatic rings. The molecule has 0 aromatic heterocycles. The van der Waals surface area contributed by atoms with Crippen LogP contribution in [0.4, 0.5) is 0 Å². The van der Waals surface area contributed by atoms with Crippen molar-refractivity contribution >= 4 is 15.9 Å². The number of rotatable bonds is 1. The summed E-state index contributed by atoms with van der Waals surface area (Å²) in [6.07, 6.45) is 7.49. The number of methoxy groups -OCH3 is 1. The van der Waals surface area contributed by atoms with Gasteiger partial charge >= 0.3 is 0 Å². The molecule has 2 nitrogen and oxygen atoms in total. The second-order valence-electron chi connectivity index (χ2n) is 9.52. The van der Waals surface area contributed by atoms with Crippen molar-refractivity contribution in [2.45, 2.75) is 71.8 Å². The topological polar surface area (TPSA) is 18.5 Å². The molecule has 4 rings (SSSR count). The summed E-state index contributed by atoms with van der Waals surface area (Å²) in [6, 6.07) is 4.17. The predicted octanol–water partition coefficient (Wildman–Crippen LogP) is 6.39. The quantitative estimate of drug-likeness (QED) is 0.537. The van der Waals surface area contributed by atoms with E-state index < -0.39 is 0 Å². The van der Waals surface area contributed by atoms with Crippen LogP contribution in [0.15, 0.2) is 16.6 Å². The number of fused-ring (bicyclic) bond motifs is 1. The minimum atomic E-state index is -0.0204. The van der Waals surface area contributed by atoms with Crippen LogP contribution in [0.5, 0.6) is 11.5 Å². The van der Waals surface area contributed by atoms with Gasteiger partial charge in [0.15, 0.2) is 0 Å². The fourth-order valence-corrected chi connectivity index (χ4v) is 7.00. The molecule has 0 radical (unpaired) electrons. The molecule has 2 aliphatic carbocycles. The maximum Gasteiger partial charge on any atom is 0.133 e. The number of halogens is 1.